The topological polar surface area (TPSA) is 87.7 Å². The van der Waals surface area contributed by atoms with Crippen LogP contribution in [0.5, 0.6) is 0 Å². The molecule has 0 spiro atoms. The zero-order valence-corrected chi connectivity index (χ0v) is 22.0. The van der Waals surface area contributed by atoms with Crippen LogP contribution in [-0.2, 0) is 0 Å². The molecule has 0 radical (unpaired) electrons. The summed E-state index contributed by atoms with van der Waals surface area (Å²) in [5.41, 5.74) is 4.18. The fourth-order valence-electron chi connectivity index (χ4n) is 5.21. The first-order chi connectivity index (χ1) is 18.0. The predicted molar refractivity (Wildman–Crippen MR) is 151 cm³/mol. The van der Waals surface area contributed by atoms with Gasteiger partial charge in [0.05, 0.1) is 11.7 Å². The number of pyridine rings is 2. The number of aromatic nitrogens is 4. The second kappa shape index (κ2) is 9.88. The van der Waals surface area contributed by atoms with Gasteiger partial charge in [-0.3, -0.25) is 4.98 Å². The quantitative estimate of drug-likeness (QED) is 0.263. The van der Waals surface area contributed by atoms with Crippen LogP contribution >= 0.6 is 11.6 Å². The van der Waals surface area contributed by atoms with Gasteiger partial charge >= 0.3 is 0 Å². The fourth-order valence-corrected chi connectivity index (χ4v) is 5.33. The summed E-state index contributed by atoms with van der Waals surface area (Å²) in [5.74, 6) is 3.40. The van der Waals surface area contributed by atoms with Crippen molar-refractivity contribution in [2.75, 3.05) is 30.3 Å². The fraction of sp³-hybridized carbons (Fsp3) is 0.379. The minimum absolute atomic E-state index is 0.227. The highest BCUT2D eigenvalue weighted by Gasteiger charge is 2.33. The smallest absolute Gasteiger partial charge is 0.162 e. The maximum absolute atomic E-state index is 6.03. The van der Waals surface area contributed by atoms with E-state index in [1.165, 1.54) is 18.4 Å². The van der Waals surface area contributed by atoms with Crippen molar-refractivity contribution in [3.63, 3.8) is 0 Å². The third kappa shape index (κ3) is 5.24. The van der Waals surface area contributed by atoms with Gasteiger partial charge < -0.3 is 16.0 Å². The van der Waals surface area contributed by atoms with Gasteiger partial charge in [0.1, 0.15) is 11.6 Å². The van der Waals surface area contributed by atoms with E-state index in [0.29, 0.717) is 22.7 Å². The lowest BCUT2D eigenvalue weighted by atomic mass is 9.74. The van der Waals surface area contributed by atoms with Crippen LogP contribution in [0.25, 0.3) is 22.3 Å². The second-order valence-corrected chi connectivity index (χ2v) is 11.3. The van der Waals surface area contributed by atoms with Crippen LogP contribution in [0.2, 0.25) is 5.02 Å². The lowest BCUT2D eigenvalue weighted by Crippen LogP contribution is -2.45. The summed E-state index contributed by atoms with van der Waals surface area (Å²) in [6, 6.07) is 11.5. The van der Waals surface area contributed by atoms with Crippen molar-refractivity contribution < 1.29 is 0 Å². The second-order valence-electron chi connectivity index (χ2n) is 10.9. The number of benzene rings is 1. The van der Waals surface area contributed by atoms with E-state index in [2.05, 4.69) is 39.8 Å². The first kappa shape index (κ1) is 24.1. The molecule has 0 amide bonds. The molecule has 3 aromatic heterocycles. The Labute approximate surface area is 222 Å². The summed E-state index contributed by atoms with van der Waals surface area (Å²) in [6.07, 6.45) is 9.20. The maximum atomic E-state index is 6.03. The van der Waals surface area contributed by atoms with Gasteiger partial charge in [-0.1, -0.05) is 25.4 Å². The Kier molecular flexibility index (Phi) is 6.42. The van der Waals surface area contributed by atoms with Gasteiger partial charge in [-0.25, -0.2) is 15.0 Å². The Morgan fingerprint density at radius 3 is 2.68 bits per heavy atom. The first-order valence-corrected chi connectivity index (χ1v) is 13.4. The van der Waals surface area contributed by atoms with E-state index < -0.39 is 0 Å². The summed E-state index contributed by atoms with van der Waals surface area (Å²) < 4.78 is 0. The predicted octanol–water partition coefficient (Wildman–Crippen LogP) is 6.41. The largest absolute Gasteiger partial charge is 0.369 e. The van der Waals surface area contributed by atoms with Crippen molar-refractivity contribution >= 4 is 39.8 Å². The van der Waals surface area contributed by atoms with Crippen molar-refractivity contribution in [2.24, 2.45) is 11.3 Å². The van der Waals surface area contributed by atoms with Gasteiger partial charge in [-0.15, -0.1) is 0 Å². The lowest BCUT2D eigenvalue weighted by Gasteiger charge is -2.39. The molecule has 1 atom stereocenters. The van der Waals surface area contributed by atoms with E-state index in [0.717, 1.165) is 59.8 Å². The van der Waals surface area contributed by atoms with Crippen LogP contribution in [0, 0.1) is 11.3 Å². The minimum Gasteiger partial charge on any atom is -0.369 e. The number of hydrogen-bond donors (Lipinski definition) is 3. The van der Waals surface area contributed by atoms with E-state index in [-0.39, 0.29) is 5.41 Å². The molecule has 7 nitrogen and oxygen atoms in total. The molecular weight excluding hydrogens is 482 g/mol. The number of piperidine rings is 1. The van der Waals surface area contributed by atoms with Crippen LogP contribution in [0.3, 0.4) is 0 Å². The number of halogens is 1. The van der Waals surface area contributed by atoms with Crippen molar-refractivity contribution in [3.8, 4) is 11.4 Å². The maximum Gasteiger partial charge on any atom is 0.162 e. The van der Waals surface area contributed by atoms with Crippen molar-refractivity contribution in [2.45, 2.75) is 39.0 Å². The Morgan fingerprint density at radius 1 is 1.05 bits per heavy atom. The van der Waals surface area contributed by atoms with E-state index in [1.807, 2.05) is 48.8 Å². The first-order valence-electron chi connectivity index (χ1n) is 13.1. The number of nitrogens with zero attached hydrogens (tertiary/aromatic N) is 4. The van der Waals surface area contributed by atoms with Gasteiger partial charge in [0.2, 0.25) is 0 Å². The number of rotatable bonds is 7. The van der Waals surface area contributed by atoms with Crippen LogP contribution in [0.1, 0.15) is 44.6 Å². The third-order valence-electron chi connectivity index (χ3n) is 7.66. The van der Waals surface area contributed by atoms with Crippen LogP contribution in [0.4, 0.5) is 17.3 Å². The lowest BCUT2D eigenvalue weighted by molar-refractivity contribution is 0.166. The van der Waals surface area contributed by atoms with Crippen molar-refractivity contribution in [1.29, 1.82) is 0 Å². The van der Waals surface area contributed by atoms with Gasteiger partial charge in [-0.05, 0) is 85.0 Å². The van der Waals surface area contributed by atoms with Crippen LogP contribution in [0.15, 0.2) is 55.0 Å². The Morgan fingerprint density at radius 2 is 1.89 bits per heavy atom. The van der Waals surface area contributed by atoms with Crippen LogP contribution < -0.4 is 16.0 Å². The molecule has 2 fully saturated rings. The molecule has 1 unspecified atom stereocenters. The van der Waals surface area contributed by atoms with E-state index >= 15 is 0 Å². The van der Waals surface area contributed by atoms with Crippen molar-refractivity contribution in [1.82, 2.24) is 25.3 Å². The van der Waals surface area contributed by atoms with E-state index in [1.54, 1.807) is 6.20 Å². The highest BCUT2D eigenvalue weighted by atomic mass is 35.5. The average molecular weight is 514 g/mol. The van der Waals surface area contributed by atoms with Crippen molar-refractivity contribution in [3.05, 3.63) is 65.6 Å². The zero-order chi connectivity index (χ0) is 25.4. The molecule has 1 saturated carbocycles. The van der Waals surface area contributed by atoms with Crippen LogP contribution in [-0.4, -0.2) is 39.6 Å². The molecule has 3 N–H and O–H groups in total. The summed E-state index contributed by atoms with van der Waals surface area (Å²) in [4.78, 5) is 19.1. The van der Waals surface area contributed by atoms with Gasteiger partial charge in [0, 0.05) is 47.1 Å². The Balaban J connectivity index is 1.36. The number of hydrogen-bond acceptors (Lipinski definition) is 7. The number of nitrogens with one attached hydrogen (secondary N) is 3. The highest BCUT2D eigenvalue weighted by Crippen LogP contribution is 2.44. The molecule has 2 aliphatic rings. The Bertz CT molecular complexity index is 1420. The SMILES string of the molecule is CC1(C)CNCCC1CNc1nc(-c2ccnc(Nc3ccc(Cl)cc3)c2)nc2cncc(C3CC3)c12. The van der Waals surface area contributed by atoms with E-state index in [9.17, 15) is 0 Å². The summed E-state index contributed by atoms with van der Waals surface area (Å²) in [6.45, 7) is 7.67. The van der Waals surface area contributed by atoms with E-state index in [4.69, 9.17) is 21.6 Å². The number of fused-ring (bicyclic) bond motifs is 1. The monoisotopic (exact) mass is 513 g/mol. The van der Waals surface area contributed by atoms with Gasteiger partial charge in [0.25, 0.3) is 0 Å². The molecule has 0 bridgehead atoms. The standard InChI is InChI=1S/C29H32ClN7/c1-29(2)17-31-11-10-20(29)14-34-28-26-23(18-3-4-18)15-32-16-24(26)36-27(37-28)19-9-12-33-25(13-19)35-22-7-5-21(30)6-8-22/h5-9,12-13,15-16,18,20,31H,3-4,10-11,14,17H2,1-2H3,(H,33,35)(H,34,36,37). The molecule has 4 heterocycles. The minimum atomic E-state index is 0.227. The van der Waals surface area contributed by atoms with Gasteiger partial charge in [0.15, 0.2) is 5.82 Å². The normalized spacial score (nSPS) is 19.1. The molecule has 190 valence electrons. The summed E-state index contributed by atoms with van der Waals surface area (Å²) >= 11 is 6.03. The number of anilines is 3. The zero-order valence-electron chi connectivity index (χ0n) is 21.3. The Hall–Kier alpha value is -3.29. The molecule has 1 saturated heterocycles. The molecule has 4 aromatic rings. The molecule has 1 aliphatic carbocycles. The third-order valence-corrected chi connectivity index (χ3v) is 7.91. The van der Waals surface area contributed by atoms with Gasteiger partial charge in [-0.2, -0.15) is 0 Å². The molecule has 6 rings (SSSR count). The molecule has 37 heavy (non-hydrogen) atoms. The summed E-state index contributed by atoms with van der Waals surface area (Å²) in [5, 5.41) is 12.5. The molecule has 1 aromatic carbocycles. The average Bonchev–Trinajstić information content (AvgIpc) is 3.74. The molecule has 1 aliphatic heterocycles. The molecule has 8 heteroatoms. The molecular formula is C29H32ClN7. The highest BCUT2D eigenvalue weighted by molar-refractivity contribution is 6.30. The summed E-state index contributed by atoms with van der Waals surface area (Å²) in [7, 11) is 0.